The molecule has 0 saturated carbocycles. The molecule has 0 aliphatic rings. The molecule has 6 nitrogen and oxygen atoms in total. The summed E-state index contributed by atoms with van der Waals surface area (Å²) in [5.74, 6) is 0.748. The van der Waals surface area contributed by atoms with Gasteiger partial charge in [0.1, 0.15) is 12.4 Å². The molecule has 0 heterocycles. The Hall–Kier alpha value is -2.51. The molecule has 2 N–H and O–H groups in total. The van der Waals surface area contributed by atoms with E-state index in [1.165, 1.54) is 12.1 Å². The number of non-ortho nitro benzene ring substituents is 1. The number of nitrogens with zero attached hydrogens (tertiary/aromatic N) is 1. The van der Waals surface area contributed by atoms with E-state index in [1.54, 1.807) is 12.1 Å². The highest BCUT2D eigenvalue weighted by atomic mass is 35.5. The minimum atomic E-state index is -0.477. The molecule has 0 aliphatic carbocycles. The number of nitro groups is 1. The lowest BCUT2D eigenvalue weighted by molar-refractivity contribution is -0.384. The van der Waals surface area contributed by atoms with Crippen LogP contribution in [-0.4, -0.2) is 18.0 Å². The third kappa shape index (κ3) is 7.01. The minimum Gasteiger partial charge on any atom is -0.489 e. The lowest BCUT2D eigenvalue weighted by Crippen LogP contribution is -2.22. The Morgan fingerprint density at radius 1 is 0.903 bits per heavy atom. The molecule has 162 valence electrons. The summed E-state index contributed by atoms with van der Waals surface area (Å²) < 4.78 is 5.96. The van der Waals surface area contributed by atoms with Gasteiger partial charge in [0.05, 0.1) is 15.6 Å². The summed E-state index contributed by atoms with van der Waals surface area (Å²) in [6.45, 7) is 2.20. The Morgan fingerprint density at radius 3 is 2.35 bits per heavy atom. The van der Waals surface area contributed by atoms with E-state index in [-0.39, 0.29) is 5.69 Å². The maximum Gasteiger partial charge on any atom is 0.271 e. The summed E-state index contributed by atoms with van der Waals surface area (Å²) in [6, 6.07) is 17.3. The van der Waals surface area contributed by atoms with Crippen molar-refractivity contribution in [2.75, 3.05) is 18.4 Å². The molecule has 0 radical (unpaired) electrons. The molecule has 9 heteroatoms. The van der Waals surface area contributed by atoms with Gasteiger partial charge in [0.25, 0.3) is 5.69 Å². The number of hydrogen-bond acceptors (Lipinski definition) is 5. The molecular formula is C22H20Cl3N3O3. The fourth-order valence-electron chi connectivity index (χ4n) is 2.84. The molecule has 0 fully saturated rings. The zero-order valence-electron chi connectivity index (χ0n) is 16.4. The summed E-state index contributed by atoms with van der Waals surface area (Å²) in [5.41, 5.74) is 2.56. The molecule has 3 aromatic rings. The first-order valence-electron chi connectivity index (χ1n) is 9.46. The molecule has 0 atom stereocenters. The third-order valence-electron chi connectivity index (χ3n) is 4.43. The average Bonchev–Trinajstić information content (AvgIpc) is 2.75. The molecule has 0 aromatic heterocycles. The number of benzene rings is 3. The first-order valence-corrected chi connectivity index (χ1v) is 10.6. The van der Waals surface area contributed by atoms with E-state index in [0.29, 0.717) is 47.0 Å². The van der Waals surface area contributed by atoms with Crippen LogP contribution in [0.4, 0.5) is 11.4 Å². The number of anilines is 1. The van der Waals surface area contributed by atoms with Gasteiger partial charge < -0.3 is 15.4 Å². The largest absolute Gasteiger partial charge is 0.489 e. The van der Waals surface area contributed by atoms with Crippen molar-refractivity contribution in [1.29, 1.82) is 0 Å². The number of halogens is 3. The molecule has 0 unspecified atom stereocenters. The molecule has 0 aliphatic heterocycles. The van der Waals surface area contributed by atoms with Crippen molar-refractivity contribution in [3.05, 3.63) is 97.0 Å². The second-order valence-electron chi connectivity index (χ2n) is 6.69. The second-order valence-corrected chi connectivity index (χ2v) is 7.97. The summed E-state index contributed by atoms with van der Waals surface area (Å²) in [6.07, 6.45) is 0. The van der Waals surface area contributed by atoms with Gasteiger partial charge in [-0.3, -0.25) is 10.1 Å². The normalized spacial score (nSPS) is 10.7. The van der Waals surface area contributed by atoms with E-state index in [2.05, 4.69) is 10.6 Å². The van der Waals surface area contributed by atoms with Gasteiger partial charge in [-0.15, -0.1) is 0 Å². The third-order valence-corrected chi connectivity index (χ3v) is 5.23. The Kier molecular flexibility index (Phi) is 8.37. The van der Waals surface area contributed by atoms with Crippen LogP contribution in [0.1, 0.15) is 11.1 Å². The highest BCUT2D eigenvalue weighted by Gasteiger charge is 2.09. The zero-order chi connectivity index (χ0) is 22.2. The summed E-state index contributed by atoms with van der Waals surface area (Å²) >= 11 is 18.2. The number of ether oxygens (including phenoxy) is 1. The lowest BCUT2D eigenvalue weighted by atomic mass is 10.2. The minimum absolute atomic E-state index is 0.0410. The number of rotatable bonds is 10. The predicted octanol–water partition coefficient (Wildman–Crippen LogP) is 6.34. The van der Waals surface area contributed by atoms with Crippen LogP contribution in [0.25, 0.3) is 0 Å². The first kappa shape index (κ1) is 23.2. The SMILES string of the molecule is O=[N+]([O-])c1ccc(NCCNCc2cc(Cl)ccc2OCc2ccc(Cl)cc2)c(Cl)c1. The van der Waals surface area contributed by atoms with Gasteiger partial charge in [-0.05, 0) is 42.0 Å². The van der Waals surface area contributed by atoms with Gasteiger partial charge in [-0.25, -0.2) is 0 Å². The van der Waals surface area contributed by atoms with Crippen LogP contribution in [0, 0.1) is 10.1 Å². The Bertz CT molecular complexity index is 1050. The highest BCUT2D eigenvalue weighted by Crippen LogP contribution is 2.26. The van der Waals surface area contributed by atoms with Crippen LogP contribution in [0.5, 0.6) is 5.75 Å². The van der Waals surface area contributed by atoms with Gasteiger partial charge in [-0.2, -0.15) is 0 Å². The molecular weight excluding hydrogens is 461 g/mol. The standard InChI is InChI=1S/C22H20Cl3N3O3/c23-17-3-1-15(2-4-17)14-31-22-8-5-18(24)11-16(22)13-26-9-10-27-21-7-6-19(28(29)30)12-20(21)25/h1-8,11-12,26-27H,9-10,13-14H2. The van der Waals surface area contributed by atoms with Crippen molar-refractivity contribution in [2.24, 2.45) is 0 Å². The van der Waals surface area contributed by atoms with Gasteiger partial charge in [0, 0.05) is 47.4 Å². The summed E-state index contributed by atoms with van der Waals surface area (Å²) in [4.78, 5) is 10.3. The van der Waals surface area contributed by atoms with E-state index < -0.39 is 4.92 Å². The van der Waals surface area contributed by atoms with E-state index in [9.17, 15) is 10.1 Å². The first-order chi connectivity index (χ1) is 14.9. The Labute approximate surface area is 195 Å². The second kappa shape index (κ2) is 11.2. The molecule has 0 saturated heterocycles. The van der Waals surface area contributed by atoms with Crippen molar-refractivity contribution in [2.45, 2.75) is 13.2 Å². The molecule has 0 bridgehead atoms. The molecule has 0 spiro atoms. The van der Waals surface area contributed by atoms with Crippen molar-refractivity contribution >= 4 is 46.2 Å². The lowest BCUT2D eigenvalue weighted by Gasteiger charge is -2.14. The van der Waals surface area contributed by atoms with Gasteiger partial charge in [0.2, 0.25) is 0 Å². The number of hydrogen-bond donors (Lipinski definition) is 2. The van der Waals surface area contributed by atoms with Gasteiger partial charge >= 0.3 is 0 Å². The van der Waals surface area contributed by atoms with Crippen LogP contribution >= 0.6 is 34.8 Å². The average molecular weight is 481 g/mol. The number of nitro benzene ring substituents is 1. The molecule has 3 rings (SSSR count). The van der Waals surface area contributed by atoms with Crippen molar-refractivity contribution < 1.29 is 9.66 Å². The van der Waals surface area contributed by atoms with Crippen molar-refractivity contribution in [3.63, 3.8) is 0 Å². The van der Waals surface area contributed by atoms with Crippen LogP contribution < -0.4 is 15.4 Å². The van der Waals surface area contributed by atoms with Crippen LogP contribution in [0.2, 0.25) is 15.1 Å². The van der Waals surface area contributed by atoms with Gasteiger partial charge in [-0.1, -0.05) is 46.9 Å². The topological polar surface area (TPSA) is 76.4 Å². The maximum absolute atomic E-state index is 10.8. The van der Waals surface area contributed by atoms with Crippen LogP contribution in [0.15, 0.2) is 60.7 Å². The van der Waals surface area contributed by atoms with E-state index >= 15 is 0 Å². The van der Waals surface area contributed by atoms with E-state index in [4.69, 9.17) is 39.5 Å². The quantitative estimate of drug-likeness (QED) is 0.201. The summed E-state index contributed by atoms with van der Waals surface area (Å²) in [5, 5.41) is 18.9. The summed E-state index contributed by atoms with van der Waals surface area (Å²) in [7, 11) is 0. The molecule has 3 aromatic carbocycles. The van der Waals surface area contributed by atoms with Crippen LogP contribution in [0.3, 0.4) is 0 Å². The van der Waals surface area contributed by atoms with Crippen molar-refractivity contribution in [1.82, 2.24) is 5.32 Å². The van der Waals surface area contributed by atoms with Crippen LogP contribution in [-0.2, 0) is 13.2 Å². The zero-order valence-corrected chi connectivity index (χ0v) is 18.7. The fraction of sp³-hybridized carbons (Fsp3) is 0.182. The molecule has 31 heavy (non-hydrogen) atoms. The molecule has 0 amide bonds. The highest BCUT2D eigenvalue weighted by molar-refractivity contribution is 6.33. The Balaban J connectivity index is 1.50. The van der Waals surface area contributed by atoms with E-state index in [1.807, 2.05) is 36.4 Å². The predicted molar refractivity (Wildman–Crippen MR) is 126 cm³/mol. The Morgan fingerprint density at radius 2 is 1.65 bits per heavy atom. The van der Waals surface area contributed by atoms with Gasteiger partial charge in [0.15, 0.2) is 0 Å². The van der Waals surface area contributed by atoms with Crippen molar-refractivity contribution in [3.8, 4) is 5.75 Å². The van der Waals surface area contributed by atoms with E-state index in [0.717, 1.165) is 16.9 Å². The smallest absolute Gasteiger partial charge is 0.271 e. The maximum atomic E-state index is 10.8. The monoisotopic (exact) mass is 479 g/mol. The number of nitrogens with one attached hydrogen (secondary N) is 2. The fourth-order valence-corrected chi connectivity index (χ4v) is 3.40.